The van der Waals surface area contributed by atoms with Crippen LogP contribution in [-0.4, -0.2) is 0 Å². The van der Waals surface area contributed by atoms with E-state index in [2.05, 4.69) is 134 Å². The van der Waals surface area contributed by atoms with Crippen LogP contribution in [0.5, 0.6) is 0 Å². The first-order chi connectivity index (χ1) is 16.8. The van der Waals surface area contributed by atoms with Gasteiger partial charge in [-0.1, -0.05) is 140 Å². The van der Waals surface area contributed by atoms with E-state index < -0.39 is 0 Å². The first-order valence-electron chi connectivity index (χ1n) is 11.7. The molecule has 0 saturated carbocycles. The molecular weight excluding hydrogens is 408 g/mol. The molecule has 6 aromatic rings. The normalized spacial score (nSPS) is 11.1. The van der Waals surface area contributed by atoms with Crippen molar-refractivity contribution in [2.24, 2.45) is 0 Å². The van der Waals surface area contributed by atoms with Crippen molar-refractivity contribution in [3.05, 3.63) is 140 Å². The van der Waals surface area contributed by atoms with E-state index in [1.807, 2.05) is 6.08 Å². The lowest BCUT2D eigenvalue weighted by Gasteiger charge is -2.18. The zero-order valence-corrected chi connectivity index (χ0v) is 18.9. The number of hydrogen-bond donors (Lipinski definition) is 0. The average molecular weight is 433 g/mol. The van der Waals surface area contributed by atoms with E-state index in [0.717, 1.165) is 5.56 Å². The van der Waals surface area contributed by atoms with Gasteiger partial charge in [-0.3, -0.25) is 0 Å². The summed E-state index contributed by atoms with van der Waals surface area (Å²) < 4.78 is 0. The summed E-state index contributed by atoms with van der Waals surface area (Å²) in [5.74, 6) is 0. The highest BCUT2D eigenvalue weighted by Crippen LogP contribution is 2.43. The van der Waals surface area contributed by atoms with Crippen LogP contribution in [-0.2, 0) is 0 Å². The Labute approximate surface area is 200 Å². The highest BCUT2D eigenvalue weighted by Gasteiger charge is 2.16. The van der Waals surface area contributed by atoms with E-state index in [0.29, 0.717) is 0 Å². The van der Waals surface area contributed by atoms with Crippen LogP contribution in [0, 0.1) is 0 Å². The highest BCUT2D eigenvalue weighted by atomic mass is 14.2. The second-order valence-electron chi connectivity index (χ2n) is 8.61. The molecule has 0 bridgehead atoms. The molecule has 0 aliphatic rings. The molecule has 0 radical (unpaired) electrons. The predicted molar refractivity (Wildman–Crippen MR) is 148 cm³/mol. The van der Waals surface area contributed by atoms with E-state index >= 15 is 0 Å². The molecule has 34 heavy (non-hydrogen) atoms. The number of hydrogen-bond acceptors (Lipinski definition) is 0. The summed E-state index contributed by atoms with van der Waals surface area (Å²) in [6.07, 6.45) is 1.89. The van der Waals surface area contributed by atoms with E-state index in [9.17, 15) is 0 Å². The maximum absolute atomic E-state index is 3.90. The lowest BCUT2D eigenvalue weighted by molar-refractivity contribution is 1.61. The minimum Gasteiger partial charge on any atom is -0.0985 e. The fraction of sp³-hybridized carbons (Fsp3) is 0. The van der Waals surface area contributed by atoms with Gasteiger partial charge in [0.25, 0.3) is 0 Å². The van der Waals surface area contributed by atoms with Crippen LogP contribution in [0.25, 0.3) is 61.0 Å². The van der Waals surface area contributed by atoms with Crippen molar-refractivity contribution in [2.75, 3.05) is 0 Å². The molecule has 160 valence electrons. The van der Waals surface area contributed by atoms with Crippen LogP contribution in [0.15, 0.2) is 134 Å². The van der Waals surface area contributed by atoms with Crippen molar-refractivity contribution < 1.29 is 0 Å². The summed E-state index contributed by atoms with van der Waals surface area (Å²) in [5, 5.41) is 5.09. The van der Waals surface area contributed by atoms with Crippen molar-refractivity contribution in [2.45, 2.75) is 0 Å². The second-order valence-corrected chi connectivity index (χ2v) is 8.61. The molecule has 0 heteroatoms. The molecule has 0 spiro atoms. The molecule has 0 aliphatic heterocycles. The second kappa shape index (κ2) is 8.50. The van der Waals surface area contributed by atoms with Crippen molar-refractivity contribution in [1.82, 2.24) is 0 Å². The van der Waals surface area contributed by atoms with Gasteiger partial charge < -0.3 is 0 Å². The van der Waals surface area contributed by atoms with Crippen LogP contribution < -0.4 is 0 Å². The third-order valence-electron chi connectivity index (χ3n) is 6.65. The molecule has 0 amide bonds. The van der Waals surface area contributed by atoms with Crippen molar-refractivity contribution in [1.29, 1.82) is 0 Å². The van der Waals surface area contributed by atoms with Gasteiger partial charge in [0, 0.05) is 0 Å². The van der Waals surface area contributed by atoms with Crippen LogP contribution in [0.3, 0.4) is 0 Å². The molecule has 6 rings (SSSR count). The van der Waals surface area contributed by atoms with Crippen molar-refractivity contribution in [3.63, 3.8) is 0 Å². The van der Waals surface area contributed by atoms with Gasteiger partial charge in [-0.15, -0.1) is 0 Å². The summed E-state index contributed by atoms with van der Waals surface area (Å²) in [4.78, 5) is 0. The molecule has 0 heterocycles. The van der Waals surface area contributed by atoms with E-state index in [1.165, 1.54) is 54.9 Å². The Kier molecular flexibility index (Phi) is 5.05. The third-order valence-corrected chi connectivity index (χ3v) is 6.65. The largest absolute Gasteiger partial charge is 0.0985 e. The molecule has 0 aliphatic carbocycles. The molecule has 0 unspecified atom stereocenters. The minimum atomic E-state index is 1.13. The molecule has 0 saturated heterocycles. The Morgan fingerprint density at radius 3 is 1.15 bits per heavy atom. The Hall–Kier alpha value is -4.42. The summed E-state index contributed by atoms with van der Waals surface area (Å²) >= 11 is 0. The summed E-state index contributed by atoms with van der Waals surface area (Å²) in [6.45, 7) is 3.90. The lowest BCUT2D eigenvalue weighted by Crippen LogP contribution is -1.91. The van der Waals surface area contributed by atoms with Crippen LogP contribution in [0.2, 0.25) is 0 Å². The van der Waals surface area contributed by atoms with Gasteiger partial charge >= 0.3 is 0 Å². The molecule has 0 aromatic heterocycles. The predicted octanol–water partition coefficient (Wildman–Crippen LogP) is 9.64. The first kappa shape index (κ1) is 20.2. The van der Waals surface area contributed by atoms with Gasteiger partial charge in [-0.2, -0.15) is 0 Å². The van der Waals surface area contributed by atoms with E-state index in [4.69, 9.17) is 0 Å². The molecule has 6 aromatic carbocycles. The topological polar surface area (TPSA) is 0 Å². The zero-order valence-electron chi connectivity index (χ0n) is 18.9. The fourth-order valence-electron chi connectivity index (χ4n) is 5.00. The van der Waals surface area contributed by atoms with Gasteiger partial charge in [-0.05, 0) is 60.5 Å². The van der Waals surface area contributed by atoms with Crippen LogP contribution in [0.1, 0.15) is 5.56 Å². The molecule has 0 atom stereocenters. The van der Waals surface area contributed by atoms with Gasteiger partial charge in [0.2, 0.25) is 0 Å². The fourth-order valence-corrected chi connectivity index (χ4v) is 5.00. The summed E-state index contributed by atoms with van der Waals surface area (Å²) in [5.41, 5.74) is 8.64. The smallest absolute Gasteiger partial charge is 0.00264 e. The van der Waals surface area contributed by atoms with Crippen molar-refractivity contribution >= 4 is 27.6 Å². The third kappa shape index (κ3) is 3.41. The Morgan fingerprint density at radius 2 is 0.706 bits per heavy atom. The number of rotatable bonds is 4. The standard InChI is InChI=1S/C34H24/c1-2-24-16-18-27(19-17-24)33-29-12-6-8-14-31(29)34(32-15-9-7-13-30(32)33)28-22-20-26(21-23-28)25-10-4-3-5-11-25/h2-23H,1H2. The SMILES string of the molecule is C=Cc1ccc(-c2c3ccccc3c(-c3ccc(-c4ccccc4)cc3)c3ccccc23)cc1. The van der Waals surface area contributed by atoms with Crippen LogP contribution >= 0.6 is 0 Å². The van der Waals surface area contributed by atoms with Gasteiger partial charge in [0.15, 0.2) is 0 Å². The van der Waals surface area contributed by atoms with Gasteiger partial charge in [0.05, 0.1) is 0 Å². The lowest BCUT2D eigenvalue weighted by atomic mass is 9.85. The maximum atomic E-state index is 3.90. The average Bonchev–Trinajstić information content (AvgIpc) is 2.92. The molecular formula is C34H24. The minimum absolute atomic E-state index is 1.13. The Bertz CT molecular complexity index is 1560. The Balaban J connectivity index is 1.62. The number of fused-ring (bicyclic) bond motifs is 2. The van der Waals surface area contributed by atoms with E-state index in [-0.39, 0.29) is 0 Å². The Morgan fingerprint density at radius 1 is 0.353 bits per heavy atom. The van der Waals surface area contributed by atoms with Gasteiger partial charge in [-0.25, -0.2) is 0 Å². The van der Waals surface area contributed by atoms with Crippen molar-refractivity contribution in [3.8, 4) is 33.4 Å². The highest BCUT2D eigenvalue weighted by molar-refractivity contribution is 6.21. The first-order valence-corrected chi connectivity index (χ1v) is 11.7. The van der Waals surface area contributed by atoms with Crippen LogP contribution in [0.4, 0.5) is 0 Å². The molecule has 0 nitrogen and oxygen atoms in total. The molecule has 0 fully saturated rings. The maximum Gasteiger partial charge on any atom is -0.00264 e. The summed E-state index contributed by atoms with van der Waals surface area (Å²) in [6, 6.07) is 45.8. The van der Waals surface area contributed by atoms with Gasteiger partial charge in [0.1, 0.15) is 0 Å². The van der Waals surface area contributed by atoms with E-state index in [1.54, 1.807) is 0 Å². The molecule has 0 N–H and O–H groups in total. The quantitative estimate of drug-likeness (QED) is 0.243. The zero-order chi connectivity index (χ0) is 22.9. The monoisotopic (exact) mass is 432 g/mol. The summed E-state index contributed by atoms with van der Waals surface area (Å²) in [7, 11) is 0. The number of benzene rings is 6.